The van der Waals surface area contributed by atoms with Crippen LogP contribution in [0.25, 0.3) is 5.57 Å². The number of carboxylic acid groups (broad SMARTS) is 1. The summed E-state index contributed by atoms with van der Waals surface area (Å²) in [7, 11) is 0. The summed E-state index contributed by atoms with van der Waals surface area (Å²) in [5.41, 5.74) is 0.304. The standard InChI is InChI=1S/C13H12O2S/c1-2-3-4-5-6-8-11(13(14)15)12-9-7-10-16-12/h2-10H,1H2,(H,14,15)/b4-3+,6-5+,11-8+. The van der Waals surface area contributed by atoms with Gasteiger partial charge in [0, 0.05) is 4.88 Å². The highest BCUT2D eigenvalue weighted by atomic mass is 32.1. The van der Waals surface area contributed by atoms with Gasteiger partial charge in [-0.1, -0.05) is 43.0 Å². The van der Waals surface area contributed by atoms with Gasteiger partial charge in [0.2, 0.25) is 0 Å². The molecular weight excluding hydrogens is 220 g/mol. The molecule has 1 aromatic heterocycles. The van der Waals surface area contributed by atoms with E-state index in [4.69, 9.17) is 5.11 Å². The third-order valence-corrected chi connectivity index (χ3v) is 2.65. The number of hydrogen-bond acceptors (Lipinski definition) is 2. The Labute approximate surface area is 98.6 Å². The highest BCUT2D eigenvalue weighted by Gasteiger charge is 2.09. The van der Waals surface area contributed by atoms with Crippen molar-refractivity contribution in [3.8, 4) is 0 Å². The van der Waals surface area contributed by atoms with Crippen molar-refractivity contribution in [2.75, 3.05) is 0 Å². The summed E-state index contributed by atoms with van der Waals surface area (Å²) in [5, 5.41) is 10.9. The third-order valence-electron chi connectivity index (χ3n) is 1.75. The molecule has 0 aliphatic rings. The maximum Gasteiger partial charge on any atom is 0.337 e. The summed E-state index contributed by atoms with van der Waals surface area (Å²) in [4.78, 5) is 11.7. The quantitative estimate of drug-likeness (QED) is 0.623. The third kappa shape index (κ3) is 3.71. The Kier molecular flexibility index (Phi) is 5.02. The van der Waals surface area contributed by atoms with Crippen LogP contribution in [0.4, 0.5) is 0 Å². The lowest BCUT2D eigenvalue weighted by molar-refractivity contribution is -0.130. The van der Waals surface area contributed by atoms with Crippen LogP contribution in [-0.2, 0) is 4.79 Å². The van der Waals surface area contributed by atoms with Crippen molar-refractivity contribution in [3.05, 3.63) is 65.4 Å². The maximum atomic E-state index is 11.0. The van der Waals surface area contributed by atoms with E-state index in [1.54, 1.807) is 42.5 Å². The van der Waals surface area contributed by atoms with Gasteiger partial charge in [0.1, 0.15) is 0 Å². The highest BCUT2D eigenvalue weighted by Crippen LogP contribution is 2.20. The molecule has 1 rings (SSSR count). The summed E-state index contributed by atoms with van der Waals surface area (Å²) >= 11 is 1.41. The number of aliphatic carboxylic acids is 1. The van der Waals surface area contributed by atoms with E-state index in [1.165, 1.54) is 11.3 Å². The minimum Gasteiger partial charge on any atom is -0.478 e. The predicted molar refractivity (Wildman–Crippen MR) is 68.4 cm³/mol. The van der Waals surface area contributed by atoms with Crippen molar-refractivity contribution in [2.45, 2.75) is 0 Å². The SMILES string of the molecule is C=C/C=C/C=C/C=C(/C(=O)O)c1cccs1. The van der Waals surface area contributed by atoms with Gasteiger partial charge < -0.3 is 5.11 Å². The highest BCUT2D eigenvalue weighted by molar-refractivity contribution is 7.11. The first kappa shape index (κ1) is 12.2. The molecule has 0 saturated heterocycles. The lowest BCUT2D eigenvalue weighted by atomic mass is 10.2. The number of hydrogen-bond donors (Lipinski definition) is 1. The molecule has 0 spiro atoms. The lowest BCUT2D eigenvalue weighted by Gasteiger charge is -1.95. The van der Waals surface area contributed by atoms with Gasteiger partial charge in [0.15, 0.2) is 0 Å². The van der Waals surface area contributed by atoms with Gasteiger partial charge in [0.25, 0.3) is 0 Å². The Bertz CT molecular complexity index is 437. The van der Waals surface area contributed by atoms with Crippen molar-refractivity contribution in [1.82, 2.24) is 0 Å². The van der Waals surface area contributed by atoms with Crippen LogP contribution in [0.5, 0.6) is 0 Å². The van der Waals surface area contributed by atoms with E-state index in [9.17, 15) is 4.79 Å². The Balaban J connectivity index is 2.83. The van der Waals surface area contributed by atoms with Gasteiger partial charge in [-0.3, -0.25) is 0 Å². The smallest absolute Gasteiger partial charge is 0.337 e. The minimum atomic E-state index is -0.917. The van der Waals surface area contributed by atoms with E-state index < -0.39 is 5.97 Å². The van der Waals surface area contributed by atoms with Gasteiger partial charge in [-0.2, -0.15) is 0 Å². The van der Waals surface area contributed by atoms with E-state index in [0.29, 0.717) is 5.57 Å². The van der Waals surface area contributed by atoms with Gasteiger partial charge in [0.05, 0.1) is 5.57 Å². The fraction of sp³-hybridized carbons (Fsp3) is 0. The van der Waals surface area contributed by atoms with Crippen LogP contribution >= 0.6 is 11.3 Å². The van der Waals surface area contributed by atoms with Crippen LogP contribution in [0, 0.1) is 0 Å². The number of rotatable bonds is 5. The second kappa shape index (κ2) is 6.58. The monoisotopic (exact) mass is 232 g/mol. The van der Waals surface area contributed by atoms with Gasteiger partial charge in [-0.25, -0.2) is 4.79 Å². The normalized spacial score (nSPS) is 12.4. The van der Waals surface area contributed by atoms with Gasteiger partial charge in [-0.15, -0.1) is 11.3 Å². The molecule has 16 heavy (non-hydrogen) atoms. The van der Waals surface area contributed by atoms with Crippen LogP contribution in [0.1, 0.15) is 4.88 Å². The summed E-state index contributed by atoms with van der Waals surface area (Å²) in [5.74, 6) is -0.917. The van der Waals surface area contributed by atoms with Crippen molar-refractivity contribution in [3.63, 3.8) is 0 Å². The Morgan fingerprint density at radius 3 is 2.62 bits per heavy atom. The lowest BCUT2D eigenvalue weighted by Crippen LogP contribution is -1.96. The molecule has 0 unspecified atom stereocenters. The summed E-state index contributed by atoms with van der Waals surface area (Å²) in [6, 6.07) is 3.62. The molecule has 1 N–H and O–H groups in total. The zero-order valence-corrected chi connectivity index (χ0v) is 9.48. The number of carboxylic acids is 1. The molecule has 2 nitrogen and oxygen atoms in total. The first-order valence-electron chi connectivity index (χ1n) is 4.69. The van der Waals surface area contributed by atoms with Crippen LogP contribution in [0.2, 0.25) is 0 Å². The molecule has 3 heteroatoms. The van der Waals surface area contributed by atoms with E-state index in [0.717, 1.165) is 4.88 Å². The first-order chi connectivity index (χ1) is 7.75. The number of allylic oxidation sites excluding steroid dienone is 6. The van der Waals surface area contributed by atoms with E-state index >= 15 is 0 Å². The molecule has 0 aliphatic carbocycles. The molecule has 0 saturated carbocycles. The van der Waals surface area contributed by atoms with Gasteiger partial charge in [-0.05, 0) is 17.5 Å². The van der Waals surface area contributed by atoms with Crippen LogP contribution in [0.3, 0.4) is 0 Å². The van der Waals surface area contributed by atoms with Crippen LogP contribution < -0.4 is 0 Å². The minimum absolute atomic E-state index is 0.304. The van der Waals surface area contributed by atoms with Crippen molar-refractivity contribution < 1.29 is 9.90 Å². The van der Waals surface area contributed by atoms with Crippen molar-refractivity contribution in [1.29, 1.82) is 0 Å². The predicted octanol–water partition coefficient (Wildman–Crippen LogP) is 3.51. The topological polar surface area (TPSA) is 37.3 Å². The second-order valence-corrected chi connectivity index (χ2v) is 3.82. The largest absolute Gasteiger partial charge is 0.478 e. The molecule has 0 aromatic carbocycles. The maximum absolute atomic E-state index is 11.0. The molecule has 1 heterocycles. The average Bonchev–Trinajstić information content (AvgIpc) is 2.76. The number of carbonyl (C=O) groups is 1. The Hall–Kier alpha value is -1.87. The summed E-state index contributed by atoms with van der Waals surface area (Å²) in [6.45, 7) is 3.53. The molecule has 0 amide bonds. The molecule has 0 radical (unpaired) electrons. The van der Waals surface area contributed by atoms with Crippen LogP contribution in [0.15, 0.2) is 60.5 Å². The first-order valence-corrected chi connectivity index (χ1v) is 5.57. The Morgan fingerprint density at radius 2 is 2.06 bits per heavy atom. The molecule has 1 aromatic rings. The van der Waals surface area contributed by atoms with Crippen LogP contribution in [-0.4, -0.2) is 11.1 Å². The van der Waals surface area contributed by atoms with E-state index in [1.807, 2.05) is 11.4 Å². The second-order valence-electron chi connectivity index (χ2n) is 2.87. The number of thiophene rings is 1. The van der Waals surface area contributed by atoms with Crippen molar-refractivity contribution >= 4 is 22.9 Å². The van der Waals surface area contributed by atoms with Gasteiger partial charge >= 0.3 is 5.97 Å². The molecule has 0 fully saturated rings. The summed E-state index contributed by atoms with van der Waals surface area (Å²) < 4.78 is 0. The van der Waals surface area contributed by atoms with Crippen molar-refractivity contribution in [2.24, 2.45) is 0 Å². The molecule has 0 aliphatic heterocycles. The average molecular weight is 232 g/mol. The van der Waals surface area contributed by atoms with E-state index in [2.05, 4.69) is 6.58 Å². The fourth-order valence-electron chi connectivity index (χ4n) is 1.05. The zero-order chi connectivity index (χ0) is 11.8. The molecule has 0 bridgehead atoms. The Morgan fingerprint density at radius 1 is 1.31 bits per heavy atom. The van der Waals surface area contributed by atoms with E-state index in [-0.39, 0.29) is 0 Å². The summed E-state index contributed by atoms with van der Waals surface area (Å²) in [6.07, 6.45) is 10.3. The molecular formula is C13H12O2S. The molecule has 82 valence electrons. The zero-order valence-electron chi connectivity index (χ0n) is 8.67. The molecule has 0 atom stereocenters. The fourth-order valence-corrected chi connectivity index (χ4v) is 1.79.